The average Bonchev–Trinajstić information content (AvgIpc) is 3.35. The summed E-state index contributed by atoms with van der Waals surface area (Å²) >= 11 is 0. The molecule has 0 amide bonds. The highest BCUT2D eigenvalue weighted by Gasteiger charge is 2.38. The number of nitrogens with zero attached hydrogens (tertiary/aromatic N) is 4. The van der Waals surface area contributed by atoms with Crippen molar-refractivity contribution in [1.29, 1.82) is 0 Å². The summed E-state index contributed by atoms with van der Waals surface area (Å²) in [5, 5.41) is 0.939. The third-order valence-corrected chi connectivity index (χ3v) is 9.10. The van der Waals surface area contributed by atoms with E-state index in [9.17, 15) is 0 Å². The van der Waals surface area contributed by atoms with Gasteiger partial charge in [-0.3, -0.25) is 4.90 Å². The molecule has 0 radical (unpaired) electrons. The maximum absolute atomic E-state index is 7.65. The van der Waals surface area contributed by atoms with Crippen LogP contribution in [0.15, 0.2) is 146 Å². The molecule has 1 heterocycles. The molecular formula is C42H30N4. The van der Waals surface area contributed by atoms with Crippen LogP contribution in [0.3, 0.4) is 0 Å². The van der Waals surface area contributed by atoms with Crippen molar-refractivity contribution >= 4 is 33.9 Å². The van der Waals surface area contributed by atoms with E-state index in [-0.39, 0.29) is 5.41 Å². The molecule has 7 aromatic rings. The minimum Gasteiger partial charge on any atom is -0.278 e. The number of hydrogen-bond donors (Lipinski definition) is 0. The molecule has 0 atom stereocenters. The minimum atomic E-state index is -0.165. The topological polar surface area (TPSA) is 33.4 Å². The number of para-hydroxylation sites is 2. The van der Waals surface area contributed by atoms with E-state index in [2.05, 4.69) is 121 Å². The molecule has 8 rings (SSSR count). The fourth-order valence-corrected chi connectivity index (χ4v) is 6.90. The Balaban J connectivity index is 1.47. The van der Waals surface area contributed by atoms with E-state index in [1.807, 2.05) is 48.5 Å². The second-order valence-corrected chi connectivity index (χ2v) is 12.1. The van der Waals surface area contributed by atoms with Crippen molar-refractivity contribution in [3.63, 3.8) is 0 Å². The molecule has 6 aromatic carbocycles. The summed E-state index contributed by atoms with van der Waals surface area (Å²) in [6, 6.07) is 50.1. The Labute approximate surface area is 269 Å². The minimum absolute atomic E-state index is 0.165. The lowest BCUT2D eigenvalue weighted by molar-refractivity contribution is 0.660. The van der Waals surface area contributed by atoms with Crippen LogP contribution in [0.4, 0.5) is 23.0 Å². The first kappa shape index (κ1) is 27.5. The summed E-state index contributed by atoms with van der Waals surface area (Å²) in [6.07, 6.45) is 0. The lowest BCUT2D eigenvalue weighted by Gasteiger charge is -2.29. The quantitative estimate of drug-likeness (QED) is 0.187. The van der Waals surface area contributed by atoms with Gasteiger partial charge in [0.1, 0.15) is 0 Å². The monoisotopic (exact) mass is 590 g/mol. The summed E-state index contributed by atoms with van der Waals surface area (Å²) < 4.78 is 0. The highest BCUT2D eigenvalue weighted by molar-refractivity contribution is 5.99. The molecule has 0 saturated heterocycles. The van der Waals surface area contributed by atoms with Crippen LogP contribution < -0.4 is 4.90 Å². The fraction of sp³-hybridized carbons (Fsp3) is 0.0714. The maximum Gasteiger partial charge on any atom is 0.235 e. The number of aromatic nitrogens is 2. The zero-order valence-electron chi connectivity index (χ0n) is 25.6. The fourth-order valence-electron chi connectivity index (χ4n) is 6.90. The largest absolute Gasteiger partial charge is 0.278 e. The predicted octanol–water partition coefficient (Wildman–Crippen LogP) is 11.3. The van der Waals surface area contributed by atoms with Gasteiger partial charge in [-0.05, 0) is 52.1 Å². The molecule has 1 aliphatic rings. The van der Waals surface area contributed by atoms with E-state index < -0.39 is 0 Å². The SMILES string of the molecule is [C-]#[N+]c1cccc(-c2nc(N(c3ccccc3-c3ccccc3)c3cccc4c3-c3ccccc3C4(C)C)nc3ccccc23)c1. The van der Waals surface area contributed by atoms with Crippen LogP contribution in [0.2, 0.25) is 0 Å². The van der Waals surface area contributed by atoms with E-state index in [1.165, 1.54) is 22.3 Å². The van der Waals surface area contributed by atoms with Gasteiger partial charge in [0.2, 0.25) is 5.95 Å². The van der Waals surface area contributed by atoms with Gasteiger partial charge in [0.05, 0.1) is 29.2 Å². The molecule has 0 spiro atoms. The van der Waals surface area contributed by atoms with Crippen molar-refractivity contribution in [2.24, 2.45) is 0 Å². The zero-order valence-corrected chi connectivity index (χ0v) is 25.6. The van der Waals surface area contributed by atoms with E-state index in [0.717, 1.165) is 44.7 Å². The summed E-state index contributed by atoms with van der Waals surface area (Å²) in [5.74, 6) is 0.570. The van der Waals surface area contributed by atoms with Gasteiger partial charge in [-0.25, -0.2) is 14.8 Å². The third-order valence-electron chi connectivity index (χ3n) is 9.10. The van der Waals surface area contributed by atoms with Crippen molar-refractivity contribution in [2.45, 2.75) is 19.3 Å². The molecule has 1 aromatic heterocycles. The Hall–Kier alpha value is -6.05. The van der Waals surface area contributed by atoms with E-state index in [4.69, 9.17) is 16.5 Å². The van der Waals surface area contributed by atoms with Gasteiger partial charge in [-0.1, -0.05) is 135 Å². The molecular weight excluding hydrogens is 560 g/mol. The maximum atomic E-state index is 7.65. The molecule has 218 valence electrons. The van der Waals surface area contributed by atoms with Crippen LogP contribution in [0.25, 0.3) is 49.3 Å². The van der Waals surface area contributed by atoms with Crippen molar-refractivity contribution < 1.29 is 0 Å². The molecule has 0 bridgehead atoms. The van der Waals surface area contributed by atoms with Gasteiger partial charge in [-0.2, -0.15) is 0 Å². The number of fused-ring (bicyclic) bond motifs is 4. The van der Waals surface area contributed by atoms with Crippen LogP contribution in [-0.2, 0) is 5.41 Å². The number of hydrogen-bond acceptors (Lipinski definition) is 3. The normalized spacial score (nSPS) is 12.7. The first-order valence-corrected chi connectivity index (χ1v) is 15.5. The van der Waals surface area contributed by atoms with Gasteiger partial charge >= 0.3 is 0 Å². The van der Waals surface area contributed by atoms with Gasteiger partial charge < -0.3 is 0 Å². The lowest BCUT2D eigenvalue weighted by Crippen LogP contribution is -2.18. The summed E-state index contributed by atoms with van der Waals surface area (Å²) in [5.41, 5.74) is 12.1. The van der Waals surface area contributed by atoms with Gasteiger partial charge in [0.25, 0.3) is 0 Å². The first-order chi connectivity index (χ1) is 22.5. The highest BCUT2D eigenvalue weighted by atomic mass is 15.3. The third kappa shape index (κ3) is 4.37. The second kappa shape index (κ2) is 10.8. The van der Waals surface area contributed by atoms with Gasteiger partial charge in [0, 0.05) is 21.9 Å². The molecule has 0 fully saturated rings. The van der Waals surface area contributed by atoms with Gasteiger partial charge in [-0.15, -0.1) is 0 Å². The molecule has 0 aliphatic heterocycles. The lowest BCUT2D eigenvalue weighted by atomic mass is 9.82. The molecule has 46 heavy (non-hydrogen) atoms. The standard InChI is InChI=1S/C42H30N4/c1-42(2)34-22-10-7-20-32(34)39-35(42)23-14-26-38(39)46(37-25-12-9-19-31(37)28-15-5-4-6-16-28)41-44-36-24-11-8-21-33(36)40(45-41)29-17-13-18-30(27-29)43-3/h4-27H,1-2H3. The summed E-state index contributed by atoms with van der Waals surface area (Å²) in [6.45, 7) is 12.3. The van der Waals surface area contributed by atoms with E-state index in [0.29, 0.717) is 11.6 Å². The number of rotatable bonds is 5. The van der Waals surface area contributed by atoms with Gasteiger partial charge in [0.15, 0.2) is 5.69 Å². The Morgan fingerprint density at radius 3 is 2.09 bits per heavy atom. The Morgan fingerprint density at radius 1 is 0.587 bits per heavy atom. The molecule has 0 saturated carbocycles. The van der Waals surface area contributed by atoms with Crippen molar-refractivity contribution in [3.8, 4) is 33.5 Å². The Morgan fingerprint density at radius 2 is 1.24 bits per heavy atom. The molecule has 0 N–H and O–H groups in total. The first-order valence-electron chi connectivity index (χ1n) is 15.5. The smallest absolute Gasteiger partial charge is 0.235 e. The summed E-state index contributed by atoms with van der Waals surface area (Å²) in [4.78, 5) is 16.6. The zero-order chi connectivity index (χ0) is 31.3. The van der Waals surface area contributed by atoms with Crippen molar-refractivity contribution in [3.05, 3.63) is 168 Å². The van der Waals surface area contributed by atoms with Crippen LogP contribution in [-0.4, -0.2) is 9.97 Å². The van der Waals surface area contributed by atoms with Crippen LogP contribution in [0.5, 0.6) is 0 Å². The molecule has 4 nitrogen and oxygen atoms in total. The van der Waals surface area contributed by atoms with Crippen LogP contribution in [0, 0.1) is 6.57 Å². The Bertz CT molecular complexity index is 2310. The number of benzene rings is 6. The van der Waals surface area contributed by atoms with Crippen LogP contribution in [0.1, 0.15) is 25.0 Å². The molecule has 0 unspecified atom stereocenters. The van der Waals surface area contributed by atoms with Crippen molar-refractivity contribution in [2.75, 3.05) is 4.90 Å². The number of anilines is 3. The average molecular weight is 591 g/mol. The highest BCUT2D eigenvalue weighted by Crippen LogP contribution is 2.54. The molecule has 1 aliphatic carbocycles. The van der Waals surface area contributed by atoms with E-state index in [1.54, 1.807) is 0 Å². The van der Waals surface area contributed by atoms with Crippen molar-refractivity contribution in [1.82, 2.24) is 9.97 Å². The summed E-state index contributed by atoms with van der Waals surface area (Å²) in [7, 11) is 0. The molecule has 4 heteroatoms. The second-order valence-electron chi connectivity index (χ2n) is 12.1. The predicted molar refractivity (Wildman–Crippen MR) is 189 cm³/mol. The Kier molecular flexibility index (Phi) is 6.48. The van der Waals surface area contributed by atoms with E-state index >= 15 is 0 Å². The van der Waals surface area contributed by atoms with Crippen LogP contribution >= 0.6 is 0 Å².